The third kappa shape index (κ3) is 3.12. The van der Waals surface area contributed by atoms with Crippen LogP contribution in [0, 0.1) is 0 Å². The van der Waals surface area contributed by atoms with E-state index in [1.807, 2.05) is 6.92 Å². The van der Waals surface area contributed by atoms with Crippen molar-refractivity contribution >= 4 is 5.97 Å². The van der Waals surface area contributed by atoms with Crippen molar-refractivity contribution < 1.29 is 19.0 Å². The standard InChI is InChI=1S/C10H16O4/c1-3-14-9-7-13-5-4-8(9)6-10(11)12-2/h6,9H,3-5,7H2,1-2H3/b8-6-. The average Bonchev–Trinajstić information content (AvgIpc) is 2.21. The van der Waals surface area contributed by atoms with Gasteiger partial charge in [-0.3, -0.25) is 0 Å². The summed E-state index contributed by atoms with van der Waals surface area (Å²) in [4.78, 5) is 11.0. The molecule has 0 bridgehead atoms. The summed E-state index contributed by atoms with van der Waals surface area (Å²) in [5, 5.41) is 0. The van der Waals surface area contributed by atoms with E-state index in [2.05, 4.69) is 4.74 Å². The quantitative estimate of drug-likeness (QED) is 0.502. The SMILES string of the molecule is CCOC1COCC/C1=C/C(=O)OC. The van der Waals surface area contributed by atoms with Gasteiger partial charge in [0.2, 0.25) is 0 Å². The third-order valence-corrected chi connectivity index (χ3v) is 2.09. The van der Waals surface area contributed by atoms with Crippen LogP contribution in [0.25, 0.3) is 0 Å². The Morgan fingerprint density at radius 2 is 2.50 bits per heavy atom. The fourth-order valence-corrected chi connectivity index (χ4v) is 1.38. The number of carbonyl (C=O) groups excluding carboxylic acids is 1. The van der Waals surface area contributed by atoms with E-state index in [0.717, 1.165) is 12.0 Å². The number of esters is 1. The Morgan fingerprint density at radius 3 is 3.14 bits per heavy atom. The van der Waals surface area contributed by atoms with E-state index in [1.165, 1.54) is 13.2 Å². The van der Waals surface area contributed by atoms with E-state index in [9.17, 15) is 4.79 Å². The molecule has 0 aliphatic carbocycles. The van der Waals surface area contributed by atoms with Crippen LogP contribution in [-0.4, -0.2) is 39.0 Å². The highest BCUT2D eigenvalue weighted by molar-refractivity contribution is 5.82. The highest BCUT2D eigenvalue weighted by Gasteiger charge is 2.20. The maximum atomic E-state index is 11.0. The number of hydrogen-bond donors (Lipinski definition) is 0. The van der Waals surface area contributed by atoms with Gasteiger partial charge in [-0.2, -0.15) is 0 Å². The topological polar surface area (TPSA) is 44.8 Å². The Balaban J connectivity index is 2.61. The van der Waals surface area contributed by atoms with Gasteiger partial charge in [0.1, 0.15) is 6.10 Å². The summed E-state index contributed by atoms with van der Waals surface area (Å²) in [5.74, 6) is -0.327. The summed E-state index contributed by atoms with van der Waals surface area (Å²) in [6, 6.07) is 0. The number of ether oxygens (including phenoxy) is 3. The van der Waals surface area contributed by atoms with Crippen molar-refractivity contribution in [1.29, 1.82) is 0 Å². The van der Waals surface area contributed by atoms with Crippen molar-refractivity contribution in [2.45, 2.75) is 19.4 Å². The summed E-state index contributed by atoms with van der Waals surface area (Å²) in [6.45, 7) is 3.71. The van der Waals surface area contributed by atoms with Gasteiger partial charge >= 0.3 is 5.97 Å². The molecule has 4 heteroatoms. The zero-order chi connectivity index (χ0) is 10.4. The van der Waals surface area contributed by atoms with Crippen LogP contribution < -0.4 is 0 Å². The molecule has 1 unspecified atom stereocenters. The second-order valence-electron chi connectivity index (χ2n) is 3.01. The Hall–Kier alpha value is -0.870. The fourth-order valence-electron chi connectivity index (χ4n) is 1.38. The van der Waals surface area contributed by atoms with Crippen molar-refractivity contribution in [3.8, 4) is 0 Å². The molecule has 0 aromatic carbocycles. The predicted octanol–water partition coefficient (Wildman–Crippen LogP) is 0.911. The second-order valence-corrected chi connectivity index (χ2v) is 3.01. The lowest BCUT2D eigenvalue weighted by Crippen LogP contribution is -2.28. The number of carbonyl (C=O) groups is 1. The van der Waals surface area contributed by atoms with Crippen LogP contribution >= 0.6 is 0 Å². The maximum absolute atomic E-state index is 11.0. The largest absolute Gasteiger partial charge is 0.466 e. The number of methoxy groups -OCH3 is 1. The zero-order valence-electron chi connectivity index (χ0n) is 8.62. The number of rotatable bonds is 3. The summed E-state index contributed by atoms with van der Waals surface area (Å²) >= 11 is 0. The molecule has 1 aliphatic heterocycles. The van der Waals surface area contributed by atoms with E-state index in [0.29, 0.717) is 19.8 Å². The average molecular weight is 200 g/mol. The van der Waals surface area contributed by atoms with Crippen LogP contribution in [0.5, 0.6) is 0 Å². The molecular formula is C10H16O4. The first kappa shape index (κ1) is 11.2. The van der Waals surface area contributed by atoms with Gasteiger partial charge in [-0.05, 0) is 18.9 Å². The fraction of sp³-hybridized carbons (Fsp3) is 0.700. The second kappa shape index (κ2) is 5.78. The van der Waals surface area contributed by atoms with Crippen LogP contribution in [0.1, 0.15) is 13.3 Å². The van der Waals surface area contributed by atoms with E-state index in [-0.39, 0.29) is 12.1 Å². The molecule has 0 aromatic rings. The van der Waals surface area contributed by atoms with Gasteiger partial charge < -0.3 is 14.2 Å². The van der Waals surface area contributed by atoms with Gasteiger partial charge in [0.25, 0.3) is 0 Å². The minimum Gasteiger partial charge on any atom is -0.466 e. The highest BCUT2D eigenvalue weighted by Crippen LogP contribution is 2.17. The molecule has 0 aromatic heterocycles. The van der Waals surface area contributed by atoms with Crippen LogP contribution in [0.2, 0.25) is 0 Å². The first-order valence-electron chi connectivity index (χ1n) is 4.75. The monoisotopic (exact) mass is 200 g/mol. The van der Waals surface area contributed by atoms with Crippen molar-refractivity contribution in [3.63, 3.8) is 0 Å². The number of hydrogen-bond acceptors (Lipinski definition) is 4. The van der Waals surface area contributed by atoms with Crippen molar-refractivity contribution in [2.75, 3.05) is 26.9 Å². The summed E-state index contributed by atoms with van der Waals surface area (Å²) in [6.07, 6.45) is 2.15. The lowest BCUT2D eigenvalue weighted by molar-refractivity contribution is -0.135. The predicted molar refractivity (Wildman–Crippen MR) is 50.9 cm³/mol. The van der Waals surface area contributed by atoms with Gasteiger partial charge in [-0.25, -0.2) is 4.79 Å². The summed E-state index contributed by atoms with van der Waals surface area (Å²) < 4.78 is 15.3. The Bertz CT molecular complexity index is 220. The normalized spacial score (nSPS) is 25.0. The minimum absolute atomic E-state index is 0.0900. The summed E-state index contributed by atoms with van der Waals surface area (Å²) in [5.41, 5.74) is 0.963. The Labute approximate surface area is 83.8 Å². The highest BCUT2D eigenvalue weighted by atomic mass is 16.5. The molecule has 4 nitrogen and oxygen atoms in total. The minimum atomic E-state index is -0.327. The smallest absolute Gasteiger partial charge is 0.330 e. The van der Waals surface area contributed by atoms with E-state index >= 15 is 0 Å². The van der Waals surface area contributed by atoms with Gasteiger partial charge in [0.15, 0.2) is 0 Å². The molecule has 0 N–H and O–H groups in total. The molecule has 1 rings (SSSR count). The molecule has 1 heterocycles. The molecule has 0 amide bonds. The molecule has 1 saturated heterocycles. The lowest BCUT2D eigenvalue weighted by atomic mass is 10.0. The van der Waals surface area contributed by atoms with Crippen molar-refractivity contribution in [3.05, 3.63) is 11.6 Å². The summed E-state index contributed by atoms with van der Waals surface area (Å²) in [7, 11) is 1.37. The van der Waals surface area contributed by atoms with Gasteiger partial charge in [0, 0.05) is 12.7 Å². The molecule has 1 atom stereocenters. The Morgan fingerprint density at radius 1 is 1.71 bits per heavy atom. The molecule has 1 fully saturated rings. The van der Waals surface area contributed by atoms with Crippen LogP contribution in [-0.2, 0) is 19.0 Å². The Kier molecular flexibility index (Phi) is 4.62. The first-order chi connectivity index (χ1) is 6.77. The van der Waals surface area contributed by atoms with Crippen LogP contribution in [0.4, 0.5) is 0 Å². The lowest BCUT2D eigenvalue weighted by Gasteiger charge is -2.25. The molecule has 80 valence electrons. The van der Waals surface area contributed by atoms with E-state index < -0.39 is 0 Å². The first-order valence-corrected chi connectivity index (χ1v) is 4.75. The van der Waals surface area contributed by atoms with Gasteiger partial charge in [0.05, 0.1) is 20.3 Å². The van der Waals surface area contributed by atoms with Gasteiger partial charge in [-0.1, -0.05) is 0 Å². The molecule has 14 heavy (non-hydrogen) atoms. The van der Waals surface area contributed by atoms with Gasteiger partial charge in [-0.15, -0.1) is 0 Å². The third-order valence-electron chi connectivity index (χ3n) is 2.09. The molecule has 1 aliphatic rings. The van der Waals surface area contributed by atoms with Crippen molar-refractivity contribution in [1.82, 2.24) is 0 Å². The zero-order valence-corrected chi connectivity index (χ0v) is 8.62. The maximum Gasteiger partial charge on any atom is 0.330 e. The molecule has 0 spiro atoms. The molecule has 0 saturated carbocycles. The van der Waals surface area contributed by atoms with Crippen LogP contribution in [0.15, 0.2) is 11.6 Å². The van der Waals surface area contributed by atoms with Crippen LogP contribution in [0.3, 0.4) is 0 Å². The molecular weight excluding hydrogens is 184 g/mol. The molecule has 0 radical (unpaired) electrons. The van der Waals surface area contributed by atoms with Crippen molar-refractivity contribution in [2.24, 2.45) is 0 Å². The van der Waals surface area contributed by atoms with E-state index in [1.54, 1.807) is 0 Å². The van der Waals surface area contributed by atoms with E-state index in [4.69, 9.17) is 9.47 Å².